The highest BCUT2D eigenvalue weighted by Crippen LogP contribution is 2.28. The minimum absolute atomic E-state index is 0.0161. The molecule has 1 aromatic rings. The SMILES string of the molecule is C#CCN(CC(=O)O)c1ccccc1S(=O)(=O)NC1CC1. The number of terminal acetylenes is 1. The van der Waals surface area contributed by atoms with Gasteiger partial charge in [-0.25, -0.2) is 13.1 Å². The van der Waals surface area contributed by atoms with Crippen LogP contribution >= 0.6 is 0 Å². The molecule has 6 nitrogen and oxygen atoms in total. The van der Waals surface area contributed by atoms with Gasteiger partial charge in [0, 0.05) is 6.04 Å². The molecule has 1 aromatic carbocycles. The Morgan fingerprint density at radius 1 is 1.43 bits per heavy atom. The number of para-hydroxylation sites is 1. The van der Waals surface area contributed by atoms with Gasteiger partial charge in [-0.05, 0) is 25.0 Å². The number of sulfonamides is 1. The van der Waals surface area contributed by atoms with Gasteiger partial charge >= 0.3 is 5.97 Å². The number of anilines is 1. The highest BCUT2D eigenvalue weighted by Gasteiger charge is 2.30. The number of nitrogens with one attached hydrogen (secondary N) is 1. The third-order valence-electron chi connectivity index (χ3n) is 3.00. The topological polar surface area (TPSA) is 86.7 Å². The van der Waals surface area contributed by atoms with Crippen molar-refractivity contribution >= 4 is 21.7 Å². The smallest absolute Gasteiger partial charge is 0.323 e. The zero-order chi connectivity index (χ0) is 15.5. The zero-order valence-corrected chi connectivity index (χ0v) is 12.1. The predicted octanol–water partition coefficient (Wildman–Crippen LogP) is 0.651. The van der Waals surface area contributed by atoms with Crippen molar-refractivity contribution in [3.05, 3.63) is 24.3 Å². The van der Waals surface area contributed by atoms with Crippen LogP contribution in [0.2, 0.25) is 0 Å². The van der Waals surface area contributed by atoms with Gasteiger partial charge in [0.1, 0.15) is 11.4 Å². The van der Waals surface area contributed by atoms with Gasteiger partial charge in [0.25, 0.3) is 0 Å². The van der Waals surface area contributed by atoms with Crippen molar-refractivity contribution in [2.24, 2.45) is 0 Å². The van der Waals surface area contributed by atoms with E-state index in [0.29, 0.717) is 5.69 Å². The third kappa shape index (κ3) is 3.97. The fourth-order valence-electron chi connectivity index (χ4n) is 1.93. The molecule has 112 valence electrons. The molecular formula is C14H16N2O4S. The second-order valence-corrected chi connectivity index (χ2v) is 6.50. The Labute approximate surface area is 123 Å². The summed E-state index contributed by atoms with van der Waals surface area (Å²) in [6.45, 7) is -0.345. The molecule has 0 unspecified atom stereocenters. The fourth-order valence-corrected chi connectivity index (χ4v) is 3.46. The van der Waals surface area contributed by atoms with Gasteiger partial charge in [0.2, 0.25) is 10.0 Å². The molecular weight excluding hydrogens is 292 g/mol. The van der Waals surface area contributed by atoms with Crippen LogP contribution in [0.5, 0.6) is 0 Å². The lowest BCUT2D eigenvalue weighted by atomic mass is 10.3. The van der Waals surface area contributed by atoms with Crippen molar-refractivity contribution in [2.75, 3.05) is 18.0 Å². The van der Waals surface area contributed by atoms with Gasteiger partial charge in [0.05, 0.1) is 12.2 Å². The van der Waals surface area contributed by atoms with E-state index in [9.17, 15) is 13.2 Å². The first-order valence-corrected chi connectivity index (χ1v) is 7.94. The van der Waals surface area contributed by atoms with E-state index in [2.05, 4.69) is 10.6 Å². The number of carboxylic acid groups (broad SMARTS) is 1. The van der Waals surface area contributed by atoms with E-state index in [1.807, 2.05) is 0 Å². The van der Waals surface area contributed by atoms with E-state index >= 15 is 0 Å². The molecule has 0 saturated heterocycles. The highest BCUT2D eigenvalue weighted by molar-refractivity contribution is 7.89. The summed E-state index contributed by atoms with van der Waals surface area (Å²) < 4.78 is 27.3. The number of benzene rings is 1. The van der Waals surface area contributed by atoms with Crippen molar-refractivity contribution in [1.29, 1.82) is 0 Å². The van der Waals surface area contributed by atoms with Crippen LogP contribution in [0, 0.1) is 12.3 Å². The molecule has 0 aliphatic heterocycles. The van der Waals surface area contributed by atoms with Gasteiger partial charge < -0.3 is 10.0 Å². The number of carboxylic acids is 1. The summed E-state index contributed by atoms with van der Waals surface area (Å²) in [5.41, 5.74) is 0.297. The molecule has 2 N–H and O–H groups in total. The molecule has 21 heavy (non-hydrogen) atoms. The summed E-state index contributed by atoms with van der Waals surface area (Å²) in [4.78, 5) is 12.3. The van der Waals surface area contributed by atoms with Crippen molar-refractivity contribution in [3.63, 3.8) is 0 Å². The van der Waals surface area contributed by atoms with Crippen molar-refractivity contribution in [1.82, 2.24) is 4.72 Å². The number of carbonyl (C=O) groups is 1. The second-order valence-electron chi connectivity index (χ2n) is 4.82. The molecule has 0 heterocycles. The lowest BCUT2D eigenvalue weighted by Gasteiger charge is -2.23. The fraction of sp³-hybridized carbons (Fsp3) is 0.357. The Morgan fingerprint density at radius 3 is 2.67 bits per heavy atom. The van der Waals surface area contributed by atoms with E-state index in [4.69, 9.17) is 11.5 Å². The van der Waals surface area contributed by atoms with E-state index in [-0.39, 0.29) is 24.0 Å². The van der Waals surface area contributed by atoms with Crippen molar-refractivity contribution in [2.45, 2.75) is 23.8 Å². The van der Waals surface area contributed by atoms with Crippen LogP contribution in [0.25, 0.3) is 0 Å². The molecule has 0 radical (unpaired) electrons. The monoisotopic (exact) mass is 308 g/mol. The molecule has 0 spiro atoms. The zero-order valence-electron chi connectivity index (χ0n) is 11.3. The molecule has 0 amide bonds. The van der Waals surface area contributed by atoms with Crippen LogP contribution in [-0.2, 0) is 14.8 Å². The van der Waals surface area contributed by atoms with E-state index < -0.39 is 16.0 Å². The first-order valence-electron chi connectivity index (χ1n) is 6.45. The molecule has 1 fully saturated rings. The minimum Gasteiger partial charge on any atom is -0.480 e. The van der Waals surface area contributed by atoms with Gasteiger partial charge in [-0.15, -0.1) is 6.42 Å². The van der Waals surface area contributed by atoms with Crippen LogP contribution in [0.3, 0.4) is 0 Å². The Kier molecular flexibility index (Phi) is 4.50. The average Bonchev–Trinajstić information content (AvgIpc) is 3.21. The maximum atomic E-state index is 12.4. The maximum absolute atomic E-state index is 12.4. The summed E-state index contributed by atoms with van der Waals surface area (Å²) in [7, 11) is -3.68. The van der Waals surface area contributed by atoms with Crippen LogP contribution in [0.15, 0.2) is 29.2 Å². The largest absolute Gasteiger partial charge is 0.480 e. The van der Waals surface area contributed by atoms with Gasteiger partial charge in [0.15, 0.2) is 0 Å². The Balaban J connectivity index is 2.38. The second kappa shape index (κ2) is 6.16. The van der Waals surface area contributed by atoms with E-state index in [0.717, 1.165) is 12.8 Å². The summed E-state index contributed by atoms with van der Waals surface area (Å²) in [5.74, 6) is 1.27. The Hall–Kier alpha value is -2.04. The van der Waals surface area contributed by atoms with Gasteiger partial charge in [-0.1, -0.05) is 18.1 Å². The number of rotatable bonds is 7. The summed E-state index contributed by atoms with van der Waals surface area (Å²) in [6.07, 6.45) is 6.89. The van der Waals surface area contributed by atoms with Gasteiger partial charge in [-0.2, -0.15) is 0 Å². The van der Waals surface area contributed by atoms with Crippen LogP contribution in [0.1, 0.15) is 12.8 Å². The lowest BCUT2D eigenvalue weighted by molar-refractivity contribution is -0.135. The van der Waals surface area contributed by atoms with Crippen molar-refractivity contribution < 1.29 is 18.3 Å². The molecule has 1 saturated carbocycles. The molecule has 0 atom stereocenters. The molecule has 1 aliphatic rings. The summed E-state index contributed by atoms with van der Waals surface area (Å²) in [6, 6.07) is 6.23. The number of hydrogen-bond donors (Lipinski definition) is 2. The van der Waals surface area contributed by atoms with Crippen LogP contribution in [-0.4, -0.2) is 38.6 Å². The highest BCUT2D eigenvalue weighted by atomic mass is 32.2. The van der Waals surface area contributed by atoms with E-state index in [1.165, 1.54) is 11.0 Å². The normalized spacial score (nSPS) is 14.4. The van der Waals surface area contributed by atoms with Crippen LogP contribution < -0.4 is 9.62 Å². The molecule has 0 aromatic heterocycles. The molecule has 7 heteroatoms. The molecule has 2 rings (SSSR count). The van der Waals surface area contributed by atoms with Crippen LogP contribution in [0.4, 0.5) is 5.69 Å². The first kappa shape index (κ1) is 15.4. The number of nitrogens with zero attached hydrogens (tertiary/aromatic N) is 1. The summed E-state index contributed by atoms with van der Waals surface area (Å²) in [5, 5.41) is 8.95. The molecule has 1 aliphatic carbocycles. The Morgan fingerprint density at radius 2 is 2.10 bits per heavy atom. The van der Waals surface area contributed by atoms with Crippen molar-refractivity contribution in [3.8, 4) is 12.3 Å². The lowest BCUT2D eigenvalue weighted by Crippen LogP contribution is -2.33. The predicted molar refractivity (Wildman–Crippen MR) is 78.5 cm³/mol. The standard InChI is InChI=1S/C14H16N2O4S/c1-2-9-16(10-14(17)18)12-5-3-4-6-13(12)21(19,20)15-11-7-8-11/h1,3-6,11,15H,7-10H2,(H,17,18). The third-order valence-corrected chi connectivity index (χ3v) is 4.57. The quantitative estimate of drug-likeness (QED) is 0.722. The maximum Gasteiger partial charge on any atom is 0.323 e. The van der Waals surface area contributed by atoms with E-state index in [1.54, 1.807) is 18.2 Å². The summed E-state index contributed by atoms with van der Waals surface area (Å²) >= 11 is 0. The minimum atomic E-state index is -3.68. The first-order chi connectivity index (χ1) is 9.94. The average molecular weight is 308 g/mol. The Bertz CT molecular complexity index is 674. The number of hydrogen-bond acceptors (Lipinski definition) is 4. The van der Waals surface area contributed by atoms with Gasteiger partial charge in [-0.3, -0.25) is 4.79 Å². The molecule has 0 bridgehead atoms. The number of aliphatic carboxylic acids is 1.